The lowest BCUT2D eigenvalue weighted by atomic mass is 10.1. The van der Waals surface area contributed by atoms with Gasteiger partial charge in [0.05, 0.1) is 12.1 Å². The SMILES string of the molecule is CC(C)c1ccc(CC(=O)O)nc1.Cl. The van der Waals surface area contributed by atoms with Gasteiger partial charge in [-0.15, -0.1) is 12.4 Å². The number of halogens is 1. The maximum atomic E-state index is 10.3. The van der Waals surface area contributed by atoms with E-state index in [2.05, 4.69) is 18.8 Å². The summed E-state index contributed by atoms with van der Waals surface area (Å²) in [4.78, 5) is 14.4. The van der Waals surface area contributed by atoms with Crippen LogP contribution in [0.2, 0.25) is 0 Å². The molecule has 0 bridgehead atoms. The zero-order chi connectivity index (χ0) is 9.84. The average Bonchev–Trinajstić information content (AvgIpc) is 2.04. The number of carboxylic acid groups (broad SMARTS) is 1. The van der Waals surface area contributed by atoms with Crippen molar-refractivity contribution in [2.24, 2.45) is 0 Å². The third kappa shape index (κ3) is 3.75. The lowest BCUT2D eigenvalue weighted by Gasteiger charge is -2.04. The van der Waals surface area contributed by atoms with E-state index in [1.54, 1.807) is 12.3 Å². The Hall–Kier alpha value is -1.09. The van der Waals surface area contributed by atoms with Crippen LogP contribution in [-0.2, 0) is 11.2 Å². The summed E-state index contributed by atoms with van der Waals surface area (Å²) < 4.78 is 0. The summed E-state index contributed by atoms with van der Waals surface area (Å²) in [5.41, 5.74) is 1.74. The summed E-state index contributed by atoms with van der Waals surface area (Å²) in [5, 5.41) is 8.51. The molecule has 4 heteroatoms. The van der Waals surface area contributed by atoms with Crippen molar-refractivity contribution >= 4 is 18.4 Å². The topological polar surface area (TPSA) is 50.2 Å². The maximum Gasteiger partial charge on any atom is 0.309 e. The molecule has 1 aromatic rings. The van der Waals surface area contributed by atoms with Crippen molar-refractivity contribution in [3.8, 4) is 0 Å². The number of aromatic nitrogens is 1. The minimum Gasteiger partial charge on any atom is -0.481 e. The van der Waals surface area contributed by atoms with E-state index in [9.17, 15) is 4.79 Å². The van der Waals surface area contributed by atoms with Crippen LogP contribution in [0.25, 0.3) is 0 Å². The lowest BCUT2D eigenvalue weighted by Crippen LogP contribution is -2.02. The van der Waals surface area contributed by atoms with E-state index >= 15 is 0 Å². The van der Waals surface area contributed by atoms with Gasteiger partial charge in [0.15, 0.2) is 0 Å². The second-order valence-corrected chi connectivity index (χ2v) is 3.31. The minimum atomic E-state index is -0.843. The quantitative estimate of drug-likeness (QED) is 0.842. The van der Waals surface area contributed by atoms with Gasteiger partial charge in [-0.3, -0.25) is 9.78 Å². The van der Waals surface area contributed by atoms with Crippen LogP contribution in [-0.4, -0.2) is 16.1 Å². The van der Waals surface area contributed by atoms with Crippen LogP contribution in [0.1, 0.15) is 31.0 Å². The first-order chi connectivity index (χ1) is 6.09. The second kappa shape index (κ2) is 5.60. The van der Waals surface area contributed by atoms with Crippen LogP contribution in [0.5, 0.6) is 0 Å². The van der Waals surface area contributed by atoms with Crippen LogP contribution in [0, 0.1) is 0 Å². The highest BCUT2D eigenvalue weighted by molar-refractivity contribution is 5.85. The van der Waals surface area contributed by atoms with Gasteiger partial charge in [-0.25, -0.2) is 0 Å². The molecule has 1 heterocycles. The summed E-state index contributed by atoms with van der Waals surface area (Å²) in [6.07, 6.45) is 1.74. The molecule has 0 aliphatic heterocycles. The van der Waals surface area contributed by atoms with Gasteiger partial charge >= 0.3 is 5.97 Å². The fourth-order valence-corrected chi connectivity index (χ4v) is 1.04. The molecule has 0 aromatic carbocycles. The Morgan fingerprint density at radius 2 is 2.14 bits per heavy atom. The van der Waals surface area contributed by atoms with Crippen molar-refractivity contribution in [3.05, 3.63) is 29.6 Å². The number of pyridine rings is 1. The molecule has 0 radical (unpaired) electrons. The van der Waals surface area contributed by atoms with Gasteiger partial charge in [-0.05, 0) is 17.5 Å². The Bertz CT molecular complexity index is 295. The number of hydrogen-bond donors (Lipinski definition) is 1. The molecule has 0 saturated heterocycles. The van der Waals surface area contributed by atoms with Gasteiger partial charge in [0.1, 0.15) is 0 Å². The first-order valence-electron chi connectivity index (χ1n) is 4.26. The minimum absolute atomic E-state index is 0. The number of hydrogen-bond acceptors (Lipinski definition) is 2. The Kier molecular flexibility index (Phi) is 5.16. The lowest BCUT2D eigenvalue weighted by molar-refractivity contribution is -0.136. The third-order valence-electron chi connectivity index (χ3n) is 1.85. The molecule has 0 spiro atoms. The van der Waals surface area contributed by atoms with Crippen LogP contribution >= 0.6 is 12.4 Å². The number of rotatable bonds is 3. The van der Waals surface area contributed by atoms with E-state index < -0.39 is 5.97 Å². The van der Waals surface area contributed by atoms with E-state index in [-0.39, 0.29) is 18.8 Å². The van der Waals surface area contributed by atoms with E-state index in [4.69, 9.17) is 5.11 Å². The van der Waals surface area contributed by atoms with E-state index in [0.29, 0.717) is 11.6 Å². The maximum absolute atomic E-state index is 10.3. The highest BCUT2D eigenvalue weighted by Crippen LogP contribution is 2.12. The van der Waals surface area contributed by atoms with E-state index in [1.807, 2.05) is 6.07 Å². The molecule has 0 saturated carbocycles. The standard InChI is InChI=1S/C10H13NO2.ClH/c1-7(2)8-3-4-9(11-6-8)5-10(12)13;/h3-4,6-7H,5H2,1-2H3,(H,12,13);1H. The first kappa shape index (κ1) is 12.9. The zero-order valence-corrected chi connectivity index (χ0v) is 9.04. The molecule has 0 aliphatic carbocycles. The Labute approximate surface area is 89.6 Å². The van der Waals surface area contributed by atoms with Crippen molar-refractivity contribution in [2.45, 2.75) is 26.2 Å². The van der Waals surface area contributed by atoms with Crippen LogP contribution in [0.4, 0.5) is 0 Å². The molecule has 0 amide bonds. The largest absolute Gasteiger partial charge is 0.481 e. The first-order valence-corrected chi connectivity index (χ1v) is 4.26. The summed E-state index contributed by atoms with van der Waals surface area (Å²) in [6.45, 7) is 4.15. The van der Waals surface area contributed by atoms with Crippen LogP contribution < -0.4 is 0 Å². The van der Waals surface area contributed by atoms with E-state index in [1.165, 1.54) is 0 Å². The highest BCUT2D eigenvalue weighted by Gasteiger charge is 2.03. The monoisotopic (exact) mass is 215 g/mol. The predicted molar refractivity (Wildman–Crippen MR) is 56.9 cm³/mol. The summed E-state index contributed by atoms with van der Waals surface area (Å²) in [5.74, 6) is -0.406. The predicted octanol–water partition coefficient (Wildman–Crippen LogP) is 2.25. The van der Waals surface area contributed by atoms with E-state index in [0.717, 1.165) is 5.56 Å². The molecule has 0 atom stereocenters. The van der Waals surface area contributed by atoms with Gasteiger partial charge < -0.3 is 5.11 Å². The molecule has 1 rings (SSSR count). The molecule has 3 nitrogen and oxygen atoms in total. The Morgan fingerprint density at radius 1 is 1.50 bits per heavy atom. The number of nitrogens with zero attached hydrogens (tertiary/aromatic N) is 1. The molecule has 14 heavy (non-hydrogen) atoms. The van der Waals surface area contributed by atoms with Gasteiger partial charge in [-0.2, -0.15) is 0 Å². The molecule has 1 N–H and O–H groups in total. The molecule has 0 fully saturated rings. The van der Waals surface area contributed by atoms with Crippen LogP contribution in [0.3, 0.4) is 0 Å². The van der Waals surface area contributed by atoms with Gasteiger partial charge in [0.25, 0.3) is 0 Å². The summed E-state index contributed by atoms with van der Waals surface area (Å²) >= 11 is 0. The summed E-state index contributed by atoms with van der Waals surface area (Å²) in [7, 11) is 0. The van der Waals surface area contributed by atoms with Crippen molar-refractivity contribution in [2.75, 3.05) is 0 Å². The number of carboxylic acids is 1. The molecule has 0 unspecified atom stereocenters. The van der Waals surface area contributed by atoms with Crippen molar-refractivity contribution in [1.29, 1.82) is 0 Å². The zero-order valence-electron chi connectivity index (χ0n) is 8.23. The molecular weight excluding hydrogens is 202 g/mol. The van der Waals surface area contributed by atoms with Crippen LogP contribution in [0.15, 0.2) is 18.3 Å². The third-order valence-corrected chi connectivity index (χ3v) is 1.85. The fourth-order valence-electron chi connectivity index (χ4n) is 1.04. The second-order valence-electron chi connectivity index (χ2n) is 3.31. The fraction of sp³-hybridized carbons (Fsp3) is 0.400. The summed E-state index contributed by atoms with van der Waals surface area (Å²) in [6, 6.07) is 3.69. The normalized spacial score (nSPS) is 9.64. The molecule has 78 valence electrons. The number of carbonyl (C=O) groups is 1. The highest BCUT2D eigenvalue weighted by atomic mass is 35.5. The van der Waals surface area contributed by atoms with Crippen molar-refractivity contribution < 1.29 is 9.90 Å². The van der Waals surface area contributed by atoms with Gasteiger partial charge in [0, 0.05) is 6.20 Å². The molecule has 0 aliphatic rings. The van der Waals surface area contributed by atoms with Crippen molar-refractivity contribution in [1.82, 2.24) is 4.98 Å². The average molecular weight is 216 g/mol. The number of aliphatic carboxylic acids is 1. The molecule has 1 aromatic heterocycles. The smallest absolute Gasteiger partial charge is 0.309 e. The molecular formula is C10H14ClNO2. The van der Waals surface area contributed by atoms with Crippen molar-refractivity contribution in [3.63, 3.8) is 0 Å². The van der Waals surface area contributed by atoms with Gasteiger partial charge in [0.2, 0.25) is 0 Å². The Morgan fingerprint density at radius 3 is 2.50 bits per heavy atom. The van der Waals surface area contributed by atoms with Gasteiger partial charge in [-0.1, -0.05) is 19.9 Å². The Balaban J connectivity index is 0.00000169.